The van der Waals surface area contributed by atoms with Crippen LogP contribution in [0.4, 0.5) is 14.5 Å². The summed E-state index contributed by atoms with van der Waals surface area (Å²) in [6, 6.07) is 26.4. The summed E-state index contributed by atoms with van der Waals surface area (Å²) in [6.45, 7) is 0.618. The van der Waals surface area contributed by atoms with Gasteiger partial charge >= 0.3 is 0 Å². The van der Waals surface area contributed by atoms with Gasteiger partial charge < -0.3 is 4.74 Å². The summed E-state index contributed by atoms with van der Waals surface area (Å²) in [5, 5.41) is 3.97. The summed E-state index contributed by atoms with van der Waals surface area (Å²) < 4.78 is 32.8. The number of benzene rings is 4. The molecule has 0 saturated carbocycles. The molecule has 0 aliphatic heterocycles. The zero-order valence-electron chi connectivity index (χ0n) is 17.2. The summed E-state index contributed by atoms with van der Waals surface area (Å²) in [6.07, 6.45) is -0.451. The molecular weight excluding hydrogens is 396 g/mol. The van der Waals surface area contributed by atoms with Crippen LogP contribution in [0.1, 0.15) is 17.2 Å². The molecule has 0 radical (unpaired) electrons. The van der Waals surface area contributed by atoms with E-state index in [0.717, 1.165) is 27.6 Å². The minimum atomic E-state index is -0.451. The highest BCUT2D eigenvalue weighted by atomic mass is 19.1. The first-order valence-corrected chi connectivity index (χ1v) is 10.1. The molecule has 0 aromatic heterocycles. The fraction of sp³-hybridized carbons (Fsp3) is 0.154. The fourth-order valence-corrected chi connectivity index (χ4v) is 3.55. The second-order valence-corrected chi connectivity index (χ2v) is 7.18. The van der Waals surface area contributed by atoms with Crippen molar-refractivity contribution in [2.24, 2.45) is 0 Å². The van der Waals surface area contributed by atoms with Gasteiger partial charge in [-0.25, -0.2) is 8.78 Å². The van der Waals surface area contributed by atoms with E-state index in [1.165, 1.54) is 24.3 Å². The van der Waals surface area contributed by atoms with Gasteiger partial charge in [-0.2, -0.15) is 0 Å². The van der Waals surface area contributed by atoms with E-state index in [1.807, 2.05) is 31.3 Å². The molecular formula is C26H23F2NO2. The summed E-state index contributed by atoms with van der Waals surface area (Å²) in [5.41, 5.74) is 2.54. The average molecular weight is 419 g/mol. The molecule has 3 nitrogen and oxygen atoms in total. The third-order valence-corrected chi connectivity index (χ3v) is 5.10. The molecule has 0 bridgehead atoms. The molecule has 0 heterocycles. The Hall–Kier alpha value is -3.28. The molecule has 0 fully saturated rings. The molecule has 31 heavy (non-hydrogen) atoms. The van der Waals surface area contributed by atoms with Crippen molar-refractivity contribution in [2.45, 2.75) is 6.10 Å². The number of rotatable bonds is 8. The minimum absolute atomic E-state index is 0.300. The predicted molar refractivity (Wildman–Crippen MR) is 119 cm³/mol. The van der Waals surface area contributed by atoms with Crippen molar-refractivity contribution in [2.75, 3.05) is 25.3 Å². The van der Waals surface area contributed by atoms with E-state index >= 15 is 0 Å². The lowest BCUT2D eigenvalue weighted by Crippen LogP contribution is -2.21. The summed E-state index contributed by atoms with van der Waals surface area (Å²) in [4.78, 5) is 5.88. The maximum atomic E-state index is 13.4. The molecule has 4 aromatic carbocycles. The zero-order chi connectivity index (χ0) is 21.6. The van der Waals surface area contributed by atoms with Crippen LogP contribution >= 0.6 is 0 Å². The first kappa shape index (κ1) is 21.0. The standard InChI is InChI=1S/C26H23F2NO2/c1-29(25-8-4-6-19-5-2-3-7-24(19)25)31-18-17-30-26(20-9-13-22(27)14-10-20)21-11-15-23(28)16-12-21/h2-16,26H,17-18H2,1H3. The zero-order valence-corrected chi connectivity index (χ0v) is 17.2. The number of nitrogens with zero attached hydrogens (tertiary/aromatic N) is 1. The average Bonchev–Trinajstić information content (AvgIpc) is 2.80. The van der Waals surface area contributed by atoms with Crippen LogP contribution < -0.4 is 5.06 Å². The molecule has 0 N–H and O–H groups in total. The highest BCUT2D eigenvalue weighted by molar-refractivity contribution is 5.93. The van der Waals surface area contributed by atoms with E-state index in [1.54, 1.807) is 29.3 Å². The Bertz CT molecular complexity index is 1080. The lowest BCUT2D eigenvalue weighted by Gasteiger charge is -2.22. The van der Waals surface area contributed by atoms with Crippen LogP contribution in [0.25, 0.3) is 10.8 Å². The maximum Gasteiger partial charge on any atom is 0.123 e. The van der Waals surface area contributed by atoms with Crippen LogP contribution in [0, 0.1) is 11.6 Å². The van der Waals surface area contributed by atoms with Gasteiger partial charge in [-0.3, -0.25) is 9.90 Å². The maximum absolute atomic E-state index is 13.4. The van der Waals surface area contributed by atoms with Gasteiger partial charge in [0.25, 0.3) is 0 Å². The van der Waals surface area contributed by atoms with Gasteiger partial charge in [-0.05, 0) is 46.8 Å². The molecule has 0 atom stereocenters. The minimum Gasteiger partial charge on any atom is -0.366 e. The summed E-state index contributed by atoms with van der Waals surface area (Å²) in [7, 11) is 1.86. The molecule has 158 valence electrons. The number of halogens is 2. The number of ether oxygens (including phenoxy) is 1. The van der Waals surface area contributed by atoms with Crippen LogP contribution in [-0.4, -0.2) is 20.3 Å². The van der Waals surface area contributed by atoms with Gasteiger partial charge in [0.05, 0.1) is 18.9 Å². The topological polar surface area (TPSA) is 21.7 Å². The van der Waals surface area contributed by atoms with Crippen molar-refractivity contribution in [1.29, 1.82) is 0 Å². The highest BCUT2D eigenvalue weighted by Gasteiger charge is 2.16. The lowest BCUT2D eigenvalue weighted by molar-refractivity contribution is 0.0155. The Labute approximate surface area is 180 Å². The second-order valence-electron chi connectivity index (χ2n) is 7.18. The smallest absolute Gasteiger partial charge is 0.123 e. The van der Waals surface area contributed by atoms with Crippen LogP contribution in [0.3, 0.4) is 0 Å². The molecule has 0 amide bonds. The quantitative estimate of drug-likeness (QED) is 0.247. The van der Waals surface area contributed by atoms with Gasteiger partial charge in [0.15, 0.2) is 0 Å². The Morgan fingerprint density at radius 1 is 0.710 bits per heavy atom. The lowest BCUT2D eigenvalue weighted by atomic mass is 10.0. The number of anilines is 1. The Morgan fingerprint density at radius 3 is 1.94 bits per heavy atom. The van der Waals surface area contributed by atoms with Gasteiger partial charge in [0.1, 0.15) is 17.7 Å². The van der Waals surface area contributed by atoms with E-state index in [4.69, 9.17) is 9.57 Å². The number of hydroxylamine groups is 1. The van der Waals surface area contributed by atoms with E-state index < -0.39 is 6.10 Å². The van der Waals surface area contributed by atoms with Crippen LogP contribution in [0.2, 0.25) is 0 Å². The summed E-state index contributed by atoms with van der Waals surface area (Å²) >= 11 is 0. The largest absolute Gasteiger partial charge is 0.366 e. The van der Waals surface area contributed by atoms with E-state index in [2.05, 4.69) is 18.2 Å². The van der Waals surface area contributed by atoms with Gasteiger partial charge in [-0.1, -0.05) is 60.7 Å². The van der Waals surface area contributed by atoms with Crippen molar-refractivity contribution < 1.29 is 18.4 Å². The van der Waals surface area contributed by atoms with Crippen molar-refractivity contribution in [3.8, 4) is 0 Å². The SMILES string of the molecule is CN(OCCOC(c1ccc(F)cc1)c1ccc(F)cc1)c1cccc2ccccc12. The number of hydrogen-bond acceptors (Lipinski definition) is 3. The molecule has 0 unspecified atom stereocenters. The van der Waals surface area contributed by atoms with E-state index in [9.17, 15) is 8.78 Å². The molecule has 4 aromatic rings. The summed E-state index contributed by atoms with van der Waals surface area (Å²) in [5.74, 6) is -0.636. The first-order chi connectivity index (χ1) is 15.1. The normalized spacial score (nSPS) is 11.2. The van der Waals surface area contributed by atoms with E-state index in [-0.39, 0.29) is 11.6 Å². The van der Waals surface area contributed by atoms with E-state index in [0.29, 0.717) is 13.2 Å². The number of fused-ring (bicyclic) bond motifs is 1. The van der Waals surface area contributed by atoms with Crippen molar-refractivity contribution >= 4 is 16.5 Å². The first-order valence-electron chi connectivity index (χ1n) is 10.1. The second kappa shape index (κ2) is 9.69. The van der Waals surface area contributed by atoms with Crippen molar-refractivity contribution in [1.82, 2.24) is 0 Å². The van der Waals surface area contributed by atoms with Crippen molar-refractivity contribution in [3.05, 3.63) is 114 Å². The van der Waals surface area contributed by atoms with Crippen LogP contribution in [0.15, 0.2) is 91.0 Å². The third-order valence-electron chi connectivity index (χ3n) is 5.10. The Morgan fingerprint density at radius 2 is 1.29 bits per heavy atom. The van der Waals surface area contributed by atoms with Crippen LogP contribution in [-0.2, 0) is 9.57 Å². The van der Waals surface area contributed by atoms with Gasteiger partial charge in [0, 0.05) is 12.4 Å². The molecule has 0 aliphatic rings. The monoisotopic (exact) mass is 419 g/mol. The van der Waals surface area contributed by atoms with Gasteiger partial charge in [0.2, 0.25) is 0 Å². The molecule has 0 saturated heterocycles. The molecule has 4 rings (SSSR count). The predicted octanol–water partition coefficient (Wildman–Crippen LogP) is 6.29. The fourth-order valence-electron chi connectivity index (χ4n) is 3.55. The van der Waals surface area contributed by atoms with Crippen molar-refractivity contribution in [3.63, 3.8) is 0 Å². The molecule has 0 spiro atoms. The highest BCUT2D eigenvalue weighted by Crippen LogP contribution is 2.28. The molecule has 0 aliphatic carbocycles. The third kappa shape index (κ3) is 5.08. The Balaban J connectivity index is 1.42. The van der Waals surface area contributed by atoms with Crippen LogP contribution in [0.5, 0.6) is 0 Å². The Kier molecular flexibility index (Phi) is 6.55. The van der Waals surface area contributed by atoms with Gasteiger partial charge in [-0.15, -0.1) is 0 Å². The number of hydrogen-bond donors (Lipinski definition) is 0. The molecule has 5 heteroatoms.